The minimum atomic E-state index is -1.20. The number of amides is 2. The van der Waals surface area contributed by atoms with E-state index in [1.54, 1.807) is 0 Å². The summed E-state index contributed by atoms with van der Waals surface area (Å²) in [5.74, 6) is -0.601. The maximum Gasteiger partial charge on any atom is 0.331 e. The van der Waals surface area contributed by atoms with E-state index in [0.29, 0.717) is 0 Å². The van der Waals surface area contributed by atoms with Crippen molar-refractivity contribution in [3.63, 3.8) is 0 Å². The van der Waals surface area contributed by atoms with Gasteiger partial charge in [-0.05, 0) is 13.8 Å². The highest BCUT2D eigenvalue weighted by atomic mass is 16.5. The Bertz CT molecular complexity index is 588. The van der Waals surface area contributed by atoms with E-state index >= 15 is 0 Å². The number of nitrogens with two attached hydrogens (primary N) is 1. The molecule has 0 spiro atoms. The molecule has 0 aliphatic rings. The van der Waals surface area contributed by atoms with Crippen molar-refractivity contribution < 1.29 is 33.9 Å². The Kier molecular flexibility index (Phi) is 14.8. The number of methoxy groups -OCH3 is 1. The predicted octanol–water partition coefficient (Wildman–Crippen LogP) is -1.76. The Morgan fingerprint density at radius 3 is 2.44 bits per heavy atom. The molecule has 0 radical (unpaired) electrons. The first kappa shape index (κ1) is 26.2. The summed E-state index contributed by atoms with van der Waals surface area (Å²) in [5.41, 5.74) is 5.50. The number of aliphatic hydroxyl groups excluding tert-OH is 2. The van der Waals surface area contributed by atoms with E-state index in [-0.39, 0.29) is 24.9 Å². The topological polar surface area (TPSA) is 190 Å². The van der Waals surface area contributed by atoms with Gasteiger partial charge in [-0.2, -0.15) is 4.98 Å². The molecule has 2 unspecified atom stereocenters. The van der Waals surface area contributed by atoms with Crippen LogP contribution in [0.4, 0.5) is 4.79 Å². The first-order valence-electron chi connectivity index (χ1n) is 7.52. The summed E-state index contributed by atoms with van der Waals surface area (Å²) in [6.45, 7) is 2.31. The van der Waals surface area contributed by atoms with Crippen LogP contribution in [0.2, 0.25) is 0 Å². The molecule has 27 heavy (non-hydrogen) atoms. The minimum Gasteiger partial charge on any atom is -0.467 e. The van der Waals surface area contributed by atoms with E-state index < -0.39 is 30.2 Å². The second-order valence-corrected chi connectivity index (χ2v) is 4.64. The second-order valence-electron chi connectivity index (χ2n) is 4.64. The maximum absolute atomic E-state index is 11.7. The van der Waals surface area contributed by atoms with Crippen LogP contribution in [0.3, 0.4) is 0 Å². The number of aldehydes is 1. The molecule has 12 heteroatoms. The Labute approximate surface area is 156 Å². The molecule has 2 amide bonds. The lowest BCUT2D eigenvalue weighted by Crippen LogP contribution is -2.51. The average molecular weight is 387 g/mol. The molecule has 3 atom stereocenters. The predicted molar refractivity (Wildman–Crippen MR) is 92.8 cm³/mol. The van der Waals surface area contributed by atoms with Gasteiger partial charge in [-0.15, -0.1) is 12.8 Å². The van der Waals surface area contributed by atoms with Gasteiger partial charge in [-0.1, -0.05) is 5.16 Å². The van der Waals surface area contributed by atoms with Crippen molar-refractivity contribution in [1.82, 2.24) is 20.8 Å². The van der Waals surface area contributed by atoms with E-state index in [1.807, 2.05) is 0 Å². The molecular formula is C15H25N5O7. The van der Waals surface area contributed by atoms with E-state index in [1.165, 1.54) is 13.8 Å². The van der Waals surface area contributed by atoms with Crippen molar-refractivity contribution in [2.45, 2.75) is 38.6 Å². The fourth-order valence-corrected chi connectivity index (χ4v) is 1.42. The van der Waals surface area contributed by atoms with Gasteiger partial charge in [0.2, 0.25) is 5.89 Å². The summed E-state index contributed by atoms with van der Waals surface area (Å²) < 4.78 is 9.28. The highest BCUT2D eigenvalue weighted by Crippen LogP contribution is 2.05. The number of rotatable bonds is 7. The molecule has 0 aromatic carbocycles. The standard InChI is InChI=1S/C11H19N5O6.C2H4O.C2H2/c1-5(18)8(10(19)21-2)15-11(20)13-3-7-14-9(16-22-7)6(12)4-17;1-2-3;1-2/h5-6,8,17-18H,3-4,12H2,1-2H3,(H2,13,15,20);2H,1H3;1-2H/t5?,6-,8?;;/m0../s1. The zero-order valence-corrected chi connectivity index (χ0v) is 15.3. The zero-order chi connectivity index (χ0) is 21.4. The van der Waals surface area contributed by atoms with Crippen molar-refractivity contribution in [2.24, 2.45) is 5.73 Å². The highest BCUT2D eigenvalue weighted by Gasteiger charge is 2.26. The largest absolute Gasteiger partial charge is 0.467 e. The molecule has 0 aliphatic heterocycles. The van der Waals surface area contributed by atoms with Crippen LogP contribution in [-0.2, 0) is 20.9 Å². The summed E-state index contributed by atoms with van der Waals surface area (Å²) in [4.78, 5) is 35.7. The molecule has 1 rings (SSSR count). The Hall–Kier alpha value is -3.01. The molecule has 0 aliphatic carbocycles. The molecule has 1 aromatic heterocycles. The minimum absolute atomic E-state index is 0.0701. The summed E-state index contributed by atoms with van der Waals surface area (Å²) in [6.07, 6.45) is 7.62. The first-order valence-corrected chi connectivity index (χ1v) is 7.52. The number of ether oxygens (including phenoxy) is 1. The van der Waals surface area contributed by atoms with E-state index in [9.17, 15) is 14.7 Å². The third-order valence-corrected chi connectivity index (χ3v) is 2.64. The SMILES string of the molecule is C#C.CC=O.COC(=O)C(NC(=O)NCc1nc([C@@H](N)CO)no1)C(C)O. The third kappa shape index (κ3) is 10.5. The van der Waals surface area contributed by atoms with Crippen LogP contribution in [-0.4, -0.2) is 64.5 Å². The number of carbonyl (C=O) groups excluding carboxylic acids is 3. The molecule has 152 valence electrons. The average Bonchev–Trinajstić information content (AvgIpc) is 3.14. The third-order valence-electron chi connectivity index (χ3n) is 2.64. The van der Waals surface area contributed by atoms with Crippen LogP contribution in [0.1, 0.15) is 31.6 Å². The van der Waals surface area contributed by atoms with E-state index in [2.05, 4.69) is 38.4 Å². The molecule has 1 heterocycles. The van der Waals surface area contributed by atoms with Crippen molar-refractivity contribution in [1.29, 1.82) is 0 Å². The van der Waals surface area contributed by atoms with Gasteiger partial charge < -0.3 is 40.6 Å². The van der Waals surface area contributed by atoms with Crippen LogP contribution in [0.15, 0.2) is 4.52 Å². The van der Waals surface area contributed by atoms with Gasteiger partial charge in [-0.3, -0.25) is 0 Å². The van der Waals surface area contributed by atoms with E-state index in [0.717, 1.165) is 13.4 Å². The van der Waals surface area contributed by atoms with Gasteiger partial charge in [0.25, 0.3) is 0 Å². The van der Waals surface area contributed by atoms with Gasteiger partial charge in [0.1, 0.15) is 6.29 Å². The fourth-order valence-electron chi connectivity index (χ4n) is 1.42. The molecule has 1 aromatic rings. The van der Waals surface area contributed by atoms with Crippen LogP contribution < -0.4 is 16.4 Å². The van der Waals surface area contributed by atoms with Crippen LogP contribution in [0.5, 0.6) is 0 Å². The normalized spacial score (nSPS) is 12.6. The Morgan fingerprint density at radius 2 is 2.00 bits per heavy atom. The zero-order valence-electron chi connectivity index (χ0n) is 15.3. The van der Waals surface area contributed by atoms with Crippen LogP contribution in [0.25, 0.3) is 0 Å². The number of aromatic nitrogens is 2. The number of nitrogens with zero attached hydrogens (tertiary/aromatic N) is 2. The molecule has 12 nitrogen and oxygen atoms in total. The highest BCUT2D eigenvalue weighted by molar-refractivity contribution is 5.83. The number of carbonyl (C=O) groups is 3. The summed E-state index contributed by atoms with van der Waals surface area (Å²) in [6, 6.07) is -2.71. The summed E-state index contributed by atoms with van der Waals surface area (Å²) in [5, 5.41) is 26.4. The molecule has 0 saturated heterocycles. The van der Waals surface area contributed by atoms with Crippen molar-refractivity contribution in [2.75, 3.05) is 13.7 Å². The number of nitrogens with one attached hydrogen (secondary N) is 2. The number of urea groups is 1. The van der Waals surface area contributed by atoms with E-state index in [4.69, 9.17) is 20.2 Å². The number of hydrogen-bond acceptors (Lipinski definition) is 10. The first-order chi connectivity index (χ1) is 12.8. The summed E-state index contributed by atoms with van der Waals surface area (Å²) >= 11 is 0. The number of esters is 1. The van der Waals surface area contributed by atoms with Crippen LogP contribution in [0, 0.1) is 12.8 Å². The van der Waals surface area contributed by atoms with Gasteiger partial charge in [0.15, 0.2) is 11.9 Å². The smallest absolute Gasteiger partial charge is 0.331 e. The lowest BCUT2D eigenvalue weighted by Gasteiger charge is -2.18. The van der Waals surface area contributed by atoms with Crippen LogP contribution >= 0.6 is 0 Å². The molecule has 6 N–H and O–H groups in total. The molecule has 0 bridgehead atoms. The maximum atomic E-state index is 11.7. The van der Waals surface area contributed by atoms with Gasteiger partial charge in [0.05, 0.1) is 32.4 Å². The lowest BCUT2D eigenvalue weighted by atomic mass is 10.2. The van der Waals surface area contributed by atoms with Gasteiger partial charge in [0, 0.05) is 0 Å². The van der Waals surface area contributed by atoms with Crippen molar-refractivity contribution >= 4 is 18.3 Å². The number of terminal acetylenes is 1. The Morgan fingerprint density at radius 1 is 1.44 bits per heavy atom. The molecule has 0 fully saturated rings. The fraction of sp³-hybridized carbons (Fsp3) is 0.533. The summed E-state index contributed by atoms with van der Waals surface area (Å²) in [7, 11) is 1.14. The van der Waals surface area contributed by atoms with Gasteiger partial charge in [-0.25, -0.2) is 9.59 Å². The second kappa shape index (κ2) is 15.3. The quantitative estimate of drug-likeness (QED) is 0.203. The lowest BCUT2D eigenvalue weighted by molar-refractivity contribution is -0.145. The van der Waals surface area contributed by atoms with Gasteiger partial charge >= 0.3 is 12.0 Å². The Balaban J connectivity index is 0. The molecular weight excluding hydrogens is 362 g/mol. The van der Waals surface area contributed by atoms with Crippen molar-refractivity contribution in [3.05, 3.63) is 11.7 Å². The molecule has 0 saturated carbocycles. The number of hydrogen-bond donors (Lipinski definition) is 5. The van der Waals surface area contributed by atoms with Crippen molar-refractivity contribution in [3.8, 4) is 12.8 Å². The number of aliphatic hydroxyl groups is 2. The monoisotopic (exact) mass is 387 g/mol.